The predicted molar refractivity (Wildman–Crippen MR) is 145 cm³/mol. The molecule has 0 fully saturated rings. The topological polar surface area (TPSA) is 142 Å². The highest BCUT2D eigenvalue weighted by Crippen LogP contribution is 2.37. The third kappa shape index (κ3) is 6.90. The van der Waals surface area contributed by atoms with Gasteiger partial charge in [0.1, 0.15) is 5.69 Å². The van der Waals surface area contributed by atoms with Crippen molar-refractivity contribution in [2.75, 3.05) is 29.4 Å². The molecular weight excluding hydrogens is 537 g/mol. The molecule has 0 aliphatic carbocycles. The van der Waals surface area contributed by atoms with Crippen LogP contribution in [-0.4, -0.2) is 69.7 Å². The Morgan fingerprint density at radius 2 is 1.97 bits per heavy atom. The van der Waals surface area contributed by atoms with Gasteiger partial charge in [0.05, 0.1) is 17.1 Å². The van der Waals surface area contributed by atoms with Gasteiger partial charge in [-0.05, 0) is 45.4 Å². The Bertz CT molecular complexity index is 1410. The van der Waals surface area contributed by atoms with Crippen LogP contribution in [0.1, 0.15) is 40.2 Å². The lowest BCUT2D eigenvalue weighted by molar-refractivity contribution is 0.144. The van der Waals surface area contributed by atoms with Crippen molar-refractivity contribution >= 4 is 39.4 Å². The van der Waals surface area contributed by atoms with E-state index in [1.807, 2.05) is 13.8 Å². The molecule has 0 bridgehead atoms. The van der Waals surface area contributed by atoms with Crippen molar-refractivity contribution in [3.8, 4) is 22.5 Å². The first kappa shape index (κ1) is 29.1. The fourth-order valence-corrected chi connectivity index (χ4v) is 4.87. The molecule has 0 saturated heterocycles. The average molecular weight is 568 g/mol. The predicted octanol–water partition coefficient (Wildman–Crippen LogP) is 4.94. The number of carbonyl (C=O) groups is 1. The number of anilines is 2. The van der Waals surface area contributed by atoms with Crippen molar-refractivity contribution in [1.29, 1.82) is 0 Å². The number of likely N-dealkylation sites (N-methyl/N-ethyl adjacent to an activating group) is 1. The highest BCUT2D eigenvalue weighted by molar-refractivity contribution is 7.92. The van der Waals surface area contributed by atoms with E-state index in [0.717, 1.165) is 4.90 Å². The second-order valence-electron chi connectivity index (χ2n) is 9.09. The van der Waals surface area contributed by atoms with Gasteiger partial charge < -0.3 is 15.3 Å². The third-order valence-electron chi connectivity index (χ3n) is 5.74. The standard InChI is InChI=1S/C24H31ClFN7O4S/c1-6-9-38(36,37)31-20-11-16(25)10-17(21(20)26)22-18(13-33(30-22)14(2)3)19-7-8-27-23(29-19)28-12-15(4)32(5)24(34)35/h7-8,10-11,13-15,31H,6,9,12H2,1-5H3,(H,34,35)(H,27,28,29)/t15-/m0/s1. The maximum Gasteiger partial charge on any atom is 0.407 e. The zero-order valence-corrected chi connectivity index (χ0v) is 23.3. The molecule has 0 radical (unpaired) electrons. The van der Waals surface area contributed by atoms with Crippen LogP contribution in [0.25, 0.3) is 22.5 Å². The quantitative estimate of drug-likeness (QED) is 0.295. The van der Waals surface area contributed by atoms with E-state index in [-0.39, 0.29) is 52.3 Å². The van der Waals surface area contributed by atoms with Gasteiger partial charge in [-0.25, -0.2) is 27.6 Å². The Kier molecular flexibility index (Phi) is 9.15. The number of benzene rings is 1. The summed E-state index contributed by atoms with van der Waals surface area (Å²) < 4.78 is 44.3. The minimum Gasteiger partial charge on any atom is -0.465 e. The Labute approximate surface area is 226 Å². The second-order valence-corrected chi connectivity index (χ2v) is 11.4. The molecule has 11 nitrogen and oxygen atoms in total. The van der Waals surface area contributed by atoms with Gasteiger partial charge in [0, 0.05) is 54.2 Å². The second kappa shape index (κ2) is 11.9. The lowest BCUT2D eigenvalue weighted by Crippen LogP contribution is -2.38. The fraction of sp³-hybridized carbons (Fsp3) is 0.417. The number of hydrogen-bond acceptors (Lipinski definition) is 7. The summed E-state index contributed by atoms with van der Waals surface area (Å²) in [5.41, 5.74) is 0.858. The number of nitrogens with zero attached hydrogens (tertiary/aromatic N) is 5. The lowest BCUT2D eigenvalue weighted by Gasteiger charge is -2.21. The minimum atomic E-state index is -3.77. The highest BCUT2D eigenvalue weighted by Gasteiger charge is 2.23. The number of rotatable bonds is 11. The summed E-state index contributed by atoms with van der Waals surface area (Å²) in [7, 11) is -2.30. The van der Waals surface area contributed by atoms with E-state index < -0.39 is 21.9 Å². The molecule has 0 spiro atoms. The van der Waals surface area contributed by atoms with Gasteiger partial charge in [0.15, 0.2) is 5.82 Å². The first-order chi connectivity index (χ1) is 17.8. The summed E-state index contributed by atoms with van der Waals surface area (Å²) in [5.74, 6) is -0.739. The summed E-state index contributed by atoms with van der Waals surface area (Å²) in [6.45, 7) is 7.53. The van der Waals surface area contributed by atoms with Gasteiger partial charge in [-0.2, -0.15) is 5.10 Å². The summed E-state index contributed by atoms with van der Waals surface area (Å²) in [4.78, 5) is 21.1. The Morgan fingerprint density at radius 1 is 1.26 bits per heavy atom. The van der Waals surface area contributed by atoms with Gasteiger partial charge in [0.25, 0.3) is 0 Å². The lowest BCUT2D eigenvalue weighted by atomic mass is 10.0. The van der Waals surface area contributed by atoms with Crippen molar-refractivity contribution in [2.24, 2.45) is 0 Å². The Morgan fingerprint density at radius 3 is 2.61 bits per heavy atom. The zero-order valence-electron chi connectivity index (χ0n) is 21.7. The number of hydrogen-bond donors (Lipinski definition) is 3. The monoisotopic (exact) mass is 567 g/mol. The SMILES string of the molecule is CCCS(=O)(=O)Nc1cc(Cl)cc(-c2nn(C(C)C)cc2-c2ccnc(NC[C@H](C)N(C)C(=O)O)n2)c1F. The molecule has 2 heterocycles. The number of carboxylic acid groups (broad SMARTS) is 1. The van der Waals surface area contributed by atoms with Gasteiger partial charge in [-0.15, -0.1) is 0 Å². The summed E-state index contributed by atoms with van der Waals surface area (Å²) >= 11 is 6.27. The van der Waals surface area contributed by atoms with Crippen LogP contribution in [0.4, 0.5) is 20.8 Å². The van der Waals surface area contributed by atoms with Crippen molar-refractivity contribution in [3.05, 3.63) is 41.4 Å². The summed E-state index contributed by atoms with van der Waals surface area (Å²) in [5, 5.41) is 16.9. The maximum atomic E-state index is 15.7. The van der Waals surface area contributed by atoms with E-state index in [0.29, 0.717) is 17.7 Å². The molecule has 0 aliphatic heterocycles. The van der Waals surface area contributed by atoms with Gasteiger partial charge in [-0.1, -0.05) is 18.5 Å². The number of nitrogens with one attached hydrogen (secondary N) is 2. The molecule has 14 heteroatoms. The van der Waals surface area contributed by atoms with E-state index in [9.17, 15) is 13.2 Å². The molecule has 3 N–H and O–H groups in total. The molecule has 1 amide bonds. The van der Waals surface area contributed by atoms with Crippen LogP contribution in [0.5, 0.6) is 0 Å². The number of aromatic nitrogens is 4. The molecule has 1 atom stereocenters. The molecule has 2 aromatic heterocycles. The Hall–Kier alpha value is -3.45. The van der Waals surface area contributed by atoms with Crippen LogP contribution in [-0.2, 0) is 10.0 Å². The number of halogens is 2. The van der Waals surface area contributed by atoms with E-state index in [4.69, 9.17) is 16.7 Å². The van der Waals surface area contributed by atoms with Crippen molar-refractivity contribution in [1.82, 2.24) is 24.6 Å². The van der Waals surface area contributed by atoms with Crippen LogP contribution >= 0.6 is 11.6 Å². The molecule has 0 saturated carbocycles. The van der Waals surface area contributed by atoms with Gasteiger partial charge in [-0.3, -0.25) is 9.40 Å². The van der Waals surface area contributed by atoms with Crippen molar-refractivity contribution < 1.29 is 22.7 Å². The molecule has 206 valence electrons. The maximum absolute atomic E-state index is 15.7. The zero-order chi connectivity index (χ0) is 28.2. The van der Waals surface area contributed by atoms with E-state index in [2.05, 4.69) is 25.1 Å². The van der Waals surface area contributed by atoms with Crippen molar-refractivity contribution in [3.63, 3.8) is 0 Å². The molecule has 3 aromatic rings. The highest BCUT2D eigenvalue weighted by atomic mass is 35.5. The van der Waals surface area contributed by atoms with Crippen LogP contribution in [0.3, 0.4) is 0 Å². The number of amides is 1. The fourth-order valence-electron chi connectivity index (χ4n) is 3.52. The Balaban J connectivity index is 2.05. The van der Waals surface area contributed by atoms with Crippen LogP contribution < -0.4 is 10.0 Å². The molecule has 1 aromatic carbocycles. The largest absolute Gasteiger partial charge is 0.465 e. The molecule has 0 aliphatic rings. The number of sulfonamides is 1. The summed E-state index contributed by atoms with van der Waals surface area (Å²) in [6.07, 6.45) is 2.54. The first-order valence-electron chi connectivity index (χ1n) is 11.9. The molecular formula is C24H31ClFN7O4S. The van der Waals surface area contributed by atoms with Crippen LogP contribution in [0, 0.1) is 5.82 Å². The van der Waals surface area contributed by atoms with Crippen molar-refractivity contribution in [2.45, 2.75) is 46.2 Å². The third-order valence-corrected chi connectivity index (χ3v) is 7.44. The average Bonchev–Trinajstić information content (AvgIpc) is 3.29. The summed E-state index contributed by atoms with van der Waals surface area (Å²) in [6, 6.07) is 3.81. The molecule has 0 unspecified atom stereocenters. The van der Waals surface area contributed by atoms with E-state index >= 15 is 4.39 Å². The van der Waals surface area contributed by atoms with E-state index in [1.54, 1.807) is 30.8 Å². The smallest absolute Gasteiger partial charge is 0.407 e. The van der Waals surface area contributed by atoms with E-state index in [1.165, 1.54) is 25.4 Å². The van der Waals surface area contributed by atoms with Crippen LogP contribution in [0.15, 0.2) is 30.6 Å². The molecule has 38 heavy (non-hydrogen) atoms. The first-order valence-corrected chi connectivity index (χ1v) is 14.0. The van der Waals surface area contributed by atoms with Crippen LogP contribution in [0.2, 0.25) is 5.02 Å². The van der Waals surface area contributed by atoms with Gasteiger partial charge >= 0.3 is 6.09 Å². The molecule has 3 rings (SSSR count). The van der Waals surface area contributed by atoms with Gasteiger partial charge in [0.2, 0.25) is 16.0 Å². The minimum absolute atomic E-state index is 0.00549. The normalized spacial score (nSPS) is 12.4.